The Morgan fingerprint density at radius 1 is 1.06 bits per heavy atom. The molecule has 9 nitrogen and oxygen atoms in total. The third kappa shape index (κ3) is 3.73. The number of hydrogen-bond acceptors (Lipinski definition) is 7. The molecule has 2 aromatic carbocycles. The zero-order valence-electron chi connectivity index (χ0n) is 16.2. The molecule has 3 N–H and O–H groups in total. The lowest BCUT2D eigenvalue weighted by molar-refractivity contribution is -0.275. The van der Waals surface area contributed by atoms with E-state index in [2.05, 4.69) is 30.1 Å². The van der Waals surface area contributed by atoms with Crippen molar-refractivity contribution in [3.63, 3.8) is 0 Å². The molecular weight excluding hydrogens is 427 g/mol. The summed E-state index contributed by atoms with van der Waals surface area (Å²) in [7, 11) is 0. The van der Waals surface area contributed by atoms with Crippen LogP contribution in [-0.2, 0) is 6.61 Å². The van der Waals surface area contributed by atoms with E-state index in [1.807, 2.05) is 24.3 Å². The molecule has 32 heavy (non-hydrogen) atoms. The van der Waals surface area contributed by atoms with Crippen molar-refractivity contribution in [1.82, 2.24) is 29.9 Å². The SMILES string of the molecule is Nc1cc(OCc2ccc(-n3cnc4ccccc43)cc2OC(F)(F)F)c2nn[nH]c2n1. The highest BCUT2D eigenvalue weighted by atomic mass is 19.4. The van der Waals surface area contributed by atoms with Crippen molar-refractivity contribution in [2.24, 2.45) is 0 Å². The van der Waals surface area contributed by atoms with E-state index in [1.165, 1.54) is 24.5 Å². The molecule has 0 aliphatic heterocycles. The zero-order chi connectivity index (χ0) is 22.3. The maximum atomic E-state index is 13.1. The summed E-state index contributed by atoms with van der Waals surface area (Å²) in [5.41, 5.74) is 8.42. The monoisotopic (exact) mass is 441 g/mol. The maximum absolute atomic E-state index is 13.1. The predicted molar refractivity (Wildman–Crippen MR) is 108 cm³/mol. The Kier molecular flexibility index (Phi) is 4.54. The van der Waals surface area contributed by atoms with Crippen LogP contribution in [0.1, 0.15) is 5.56 Å². The highest BCUT2D eigenvalue weighted by molar-refractivity contribution is 5.79. The molecule has 0 aliphatic carbocycles. The summed E-state index contributed by atoms with van der Waals surface area (Å²) in [4.78, 5) is 8.29. The van der Waals surface area contributed by atoms with E-state index in [-0.39, 0.29) is 23.7 Å². The first-order valence-corrected chi connectivity index (χ1v) is 9.28. The number of aromatic amines is 1. The number of nitrogens with zero attached hydrogens (tertiary/aromatic N) is 5. The number of halogens is 3. The van der Waals surface area contributed by atoms with E-state index >= 15 is 0 Å². The molecule has 0 spiro atoms. The Balaban J connectivity index is 1.51. The number of nitrogens with one attached hydrogen (secondary N) is 1. The van der Waals surface area contributed by atoms with Gasteiger partial charge in [-0.3, -0.25) is 4.57 Å². The second kappa shape index (κ2) is 7.41. The highest BCUT2D eigenvalue weighted by Gasteiger charge is 2.32. The third-order valence-corrected chi connectivity index (χ3v) is 4.67. The van der Waals surface area contributed by atoms with Crippen LogP contribution in [0.15, 0.2) is 54.9 Å². The fourth-order valence-corrected chi connectivity index (χ4v) is 3.29. The number of imidazole rings is 1. The number of anilines is 1. The molecule has 3 aromatic heterocycles. The Bertz CT molecular complexity index is 1430. The second-order valence-electron chi connectivity index (χ2n) is 6.79. The van der Waals surface area contributed by atoms with Crippen LogP contribution >= 0.6 is 0 Å². The van der Waals surface area contributed by atoms with Crippen molar-refractivity contribution in [3.8, 4) is 17.2 Å². The minimum atomic E-state index is -4.88. The summed E-state index contributed by atoms with van der Waals surface area (Å²) in [5, 5.41) is 10.1. The van der Waals surface area contributed by atoms with Crippen LogP contribution < -0.4 is 15.2 Å². The predicted octanol–water partition coefficient (Wildman–Crippen LogP) is 3.75. The van der Waals surface area contributed by atoms with E-state index < -0.39 is 12.1 Å². The lowest BCUT2D eigenvalue weighted by atomic mass is 10.2. The van der Waals surface area contributed by atoms with Crippen molar-refractivity contribution < 1.29 is 22.6 Å². The number of ether oxygens (including phenoxy) is 2. The van der Waals surface area contributed by atoms with E-state index in [1.54, 1.807) is 10.6 Å². The molecule has 0 unspecified atom stereocenters. The fraction of sp³-hybridized carbons (Fsp3) is 0.100. The summed E-state index contributed by atoms with van der Waals surface area (Å²) in [6, 6.07) is 13.1. The van der Waals surface area contributed by atoms with Gasteiger partial charge in [0.05, 0.1) is 16.7 Å². The van der Waals surface area contributed by atoms with Gasteiger partial charge in [0.25, 0.3) is 0 Å². The largest absolute Gasteiger partial charge is 0.573 e. The van der Waals surface area contributed by atoms with Crippen molar-refractivity contribution >= 4 is 28.0 Å². The van der Waals surface area contributed by atoms with Gasteiger partial charge in [-0.05, 0) is 24.3 Å². The average Bonchev–Trinajstić information content (AvgIpc) is 3.38. The number of H-pyrrole nitrogens is 1. The molecule has 3 heterocycles. The zero-order valence-corrected chi connectivity index (χ0v) is 16.2. The number of aromatic nitrogens is 6. The molecular formula is C20H14F3N7O2. The average molecular weight is 441 g/mol. The van der Waals surface area contributed by atoms with Gasteiger partial charge < -0.3 is 15.2 Å². The van der Waals surface area contributed by atoms with Gasteiger partial charge in [-0.2, -0.15) is 0 Å². The van der Waals surface area contributed by atoms with Crippen molar-refractivity contribution in [3.05, 3.63) is 60.4 Å². The van der Waals surface area contributed by atoms with Gasteiger partial charge in [0.2, 0.25) is 0 Å². The second-order valence-corrected chi connectivity index (χ2v) is 6.79. The fourth-order valence-electron chi connectivity index (χ4n) is 3.29. The van der Waals surface area contributed by atoms with Gasteiger partial charge in [-0.1, -0.05) is 17.3 Å². The highest BCUT2D eigenvalue weighted by Crippen LogP contribution is 2.32. The molecule has 5 rings (SSSR count). The van der Waals surface area contributed by atoms with E-state index in [9.17, 15) is 13.2 Å². The quantitative estimate of drug-likeness (QED) is 0.427. The summed E-state index contributed by atoms with van der Waals surface area (Å²) in [6.45, 7) is -0.234. The van der Waals surface area contributed by atoms with Crippen LogP contribution in [-0.4, -0.2) is 36.3 Å². The van der Waals surface area contributed by atoms with Crippen LogP contribution in [0.5, 0.6) is 11.5 Å². The first-order chi connectivity index (χ1) is 15.4. The number of pyridine rings is 1. The molecule has 0 saturated heterocycles. The van der Waals surface area contributed by atoms with Crippen molar-refractivity contribution in [2.45, 2.75) is 13.0 Å². The normalized spacial score (nSPS) is 11.8. The van der Waals surface area contributed by atoms with Crippen LogP contribution in [0, 0.1) is 0 Å². The smallest absolute Gasteiger partial charge is 0.486 e. The van der Waals surface area contributed by atoms with Crippen molar-refractivity contribution in [1.29, 1.82) is 0 Å². The lowest BCUT2D eigenvalue weighted by Gasteiger charge is -2.16. The summed E-state index contributed by atoms with van der Waals surface area (Å²) in [5.74, 6) is -0.0252. The minimum absolute atomic E-state index is 0.146. The van der Waals surface area contributed by atoms with Crippen molar-refractivity contribution in [2.75, 3.05) is 5.73 Å². The topological polar surface area (TPSA) is 117 Å². The Hall–Kier alpha value is -4.35. The van der Waals surface area contributed by atoms with Crippen LogP contribution in [0.4, 0.5) is 19.0 Å². The molecule has 0 bridgehead atoms. The Morgan fingerprint density at radius 3 is 2.75 bits per heavy atom. The minimum Gasteiger partial charge on any atom is -0.486 e. The maximum Gasteiger partial charge on any atom is 0.573 e. The number of nitrogen functional groups attached to an aromatic ring is 1. The van der Waals surface area contributed by atoms with Crippen LogP contribution in [0.2, 0.25) is 0 Å². The van der Waals surface area contributed by atoms with Gasteiger partial charge in [-0.25, -0.2) is 15.1 Å². The van der Waals surface area contributed by atoms with E-state index in [0.717, 1.165) is 5.52 Å². The first kappa shape index (κ1) is 19.6. The standard InChI is InChI=1S/C20H14F3N7O2/c21-20(22,23)32-15-7-12(30-10-25-13-3-1-2-4-14(13)30)6-5-11(15)9-31-16-8-17(24)26-19-18(16)27-29-28-19/h1-8,10H,9H2,(H3,24,26,27,28,29). The van der Waals surface area contributed by atoms with Gasteiger partial charge >= 0.3 is 6.36 Å². The number of rotatable bonds is 5. The first-order valence-electron chi connectivity index (χ1n) is 9.28. The molecule has 162 valence electrons. The van der Waals surface area contributed by atoms with Crippen LogP contribution in [0.3, 0.4) is 0 Å². The van der Waals surface area contributed by atoms with Gasteiger partial charge in [-0.15, -0.1) is 18.3 Å². The molecule has 12 heteroatoms. The van der Waals surface area contributed by atoms with Crippen LogP contribution in [0.25, 0.3) is 27.9 Å². The summed E-state index contributed by atoms with van der Waals surface area (Å²) >= 11 is 0. The Labute approximate surface area is 177 Å². The Morgan fingerprint density at radius 2 is 1.91 bits per heavy atom. The van der Waals surface area contributed by atoms with Gasteiger partial charge in [0, 0.05) is 17.7 Å². The number of nitrogens with two attached hydrogens (primary N) is 1. The number of alkyl halides is 3. The molecule has 0 aliphatic rings. The number of fused-ring (bicyclic) bond motifs is 2. The van der Waals surface area contributed by atoms with E-state index in [4.69, 9.17) is 10.5 Å². The lowest BCUT2D eigenvalue weighted by Crippen LogP contribution is -2.18. The molecule has 0 amide bonds. The molecule has 0 atom stereocenters. The molecule has 0 fully saturated rings. The molecule has 5 aromatic rings. The third-order valence-electron chi connectivity index (χ3n) is 4.67. The van der Waals surface area contributed by atoms with Gasteiger partial charge in [0.15, 0.2) is 16.9 Å². The number of hydrogen-bond donors (Lipinski definition) is 2. The number of benzene rings is 2. The molecule has 0 saturated carbocycles. The molecule has 0 radical (unpaired) electrons. The summed E-state index contributed by atoms with van der Waals surface area (Å²) < 4.78 is 51.0. The number of para-hydroxylation sites is 2. The summed E-state index contributed by atoms with van der Waals surface area (Å²) in [6.07, 6.45) is -3.35. The van der Waals surface area contributed by atoms with E-state index in [0.29, 0.717) is 22.4 Å². The van der Waals surface area contributed by atoms with Gasteiger partial charge in [0.1, 0.15) is 24.5 Å².